The van der Waals surface area contributed by atoms with Crippen LogP contribution in [0.1, 0.15) is 23.6 Å². The van der Waals surface area contributed by atoms with Crippen molar-refractivity contribution in [1.82, 2.24) is 0 Å². The minimum Gasteiger partial charge on any atom is -0.504 e. The Labute approximate surface area is 119 Å². The zero-order chi connectivity index (χ0) is 14.2. The van der Waals surface area contributed by atoms with E-state index in [0.717, 1.165) is 41.8 Å². The monoisotopic (exact) mass is 270 g/mol. The summed E-state index contributed by atoms with van der Waals surface area (Å²) in [5.74, 6) is -0.0286. The Hall–Kier alpha value is -2.00. The minimum absolute atomic E-state index is 0.0143. The Bertz CT molecular complexity index is 591. The van der Waals surface area contributed by atoms with Crippen LogP contribution in [0, 0.1) is 0 Å². The van der Waals surface area contributed by atoms with Gasteiger partial charge in [-0.1, -0.05) is 30.3 Å². The molecular formula is C17H20NO2+. The number of hydrogen-bond acceptors (Lipinski definition) is 2. The summed E-state index contributed by atoms with van der Waals surface area (Å²) in [6.07, 6.45) is 0. The smallest absolute Gasteiger partial charge is 0.157 e. The normalized spacial score (nSPS) is 16.1. The first kappa shape index (κ1) is 13.0. The maximum atomic E-state index is 9.66. The van der Waals surface area contributed by atoms with E-state index in [2.05, 4.69) is 31.2 Å². The standard InChI is InChI=1S/C17H19NO2/c1-2-18(10-13-6-4-3-5-7-13)11-14-8-16(19)17(20)9-15(14)12-18/h3-9H,2,10-12H2,1H3,(H-,19,20)/p+1. The number of fused-ring (bicyclic) bond motifs is 1. The highest BCUT2D eigenvalue weighted by molar-refractivity contribution is 5.46. The lowest BCUT2D eigenvalue weighted by molar-refractivity contribution is -0.958. The van der Waals surface area contributed by atoms with Crippen molar-refractivity contribution in [2.45, 2.75) is 26.6 Å². The number of phenolic OH excluding ortho intramolecular Hbond substituents is 2. The van der Waals surface area contributed by atoms with Gasteiger partial charge in [-0.2, -0.15) is 0 Å². The van der Waals surface area contributed by atoms with Crippen LogP contribution in [0.4, 0.5) is 0 Å². The first-order valence-electron chi connectivity index (χ1n) is 7.05. The van der Waals surface area contributed by atoms with Crippen LogP contribution in [-0.2, 0) is 19.6 Å². The van der Waals surface area contributed by atoms with Gasteiger partial charge in [0.05, 0.1) is 6.54 Å². The van der Waals surface area contributed by atoms with Crippen LogP contribution >= 0.6 is 0 Å². The van der Waals surface area contributed by atoms with Gasteiger partial charge in [0.2, 0.25) is 0 Å². The van der Waals surface area contributed by atoms with Gasteiger partial charge in [0.1, 0.15) is 19.6 Å². The van der Waals surface area contributed by atoms with Gasteiger partial charge in [-0.25, -0.2) is 0 Å². The van der Waals surface area contributed by atoms with E-state index in [-0.39, 0.29) is 11.5 Å². The van der Waals surface area contributed by atoms with Gasteiger partial charge in [0, 0.05) is 16.7 Å². The highest BCUT2D eigenvalue weighted by Gasteiger charge is 2.35. The predicted molar refractivity (Wildman–Crippen MR) is 78.1 cm³/mol. The molecule has 2 aromatic rings. The number of nitrogens with zero attached hydrogens (tertiary/aromatic N) is 1. The summed E-state index contributed by atoms with van der Waals surface area (Å²) >= 11 is 0. The Kier molecular flexibility index (Phi) is 3.14. The van der Waals surface area contributed by atoms with E-state index >= 15 is 0 Å². The number of benzene rings is 2. The van der Waals surface area contributed by atoms with Gasteiger partial charge in [-0.15, -0.1) is 0 Å². The molecule has 3 rings (SSSR count). The van der Waals surface area contributed by atoms with Gasteiger partial charge in [-0.05, 0) is 19.1 Å². The number of aromatic hydroxyl groups is 2. The largest absolute Gasteiger partial charge is 0.504 e. The van der Waals surface area contributed by atoms with Crippen molar-refractivity contribution in [2.75, 3.05) is 6.54 Å². The van der Waals surface area contributed by atoms with Crippen molar-refractivity contribution in [3.05, 3.63) is 59.2 Å². The third-order valence-corrected chi connectivity index (χ3v) is 4.34. The van der Waals surface area contributed by atoms with Crippen molar-refractivity contribution in [1.29, 1.82) is 0 Å². The van der Waals surface area contributed by atoms with Crippen molar-refractivity contribution < 1.29 is 14.7 Å². The maximum absolute atomic E-state index is 9.66. The summed E-state index contributed by atoms with van der Waals surface area (Å²) in [6.45, 7) is 6.04. The average molecular weight is 270 g/mol. The number of rotatable bonds is 3. The topological polar surface area (TPSA) is 40.5 Å². The van der Waals surface area contributed by atoms with Crippen molar-refractivity contribution >= 4 is 0 Å². The molecule has 3 heteroatoms. The molecule has 0 aliphatic carbocycles. The Balaban J connectivity index is 1.90. The molecule has 20 heavy (non-hydrogen) atoms. The summed E-state index contributed by atoms with van der Waals surface area (Å²) in [6, 6.07) is 13.9. The average Bonchev–Trinajstić information content (AvgIpc) is 2.78. The van der Waals surface area contributed by atoms with Crippen LogP contribution in [0.2, 0.25) is 0 Å². The zero-order valence-electron chi connectivity index (χ0n) is 11.7. The fourth-order valence-electron chi connectivity index (χ4n) is 3.15. The second-order valence-corrected chi connectivity index (χ2v) is 5.73. The molecule has 2 aromatic carbocycles. The number of phenols is 2. The molecule has 0 aromatic heterocycles. The molecule has 0 atom stereocenters. The minimum atomic E-state index is -0.0143. The molecule has 0 amide bonds. The third kappa shape index (κ3) is 2.25. The van der Waals surface area contributed by atoms with E-state index in [1.54, 1.807) is 12.1 Å². The van der Waals surface area contributed by atoms with E-state index in [1.807, 2.05) is 6.07 Å². The molecule has 0 fully saturated rings. The second-order valence-electron chi connectivity index (χ2n) is 5.73. The molecule has 0 spiro atoms. The van der Waals surface area contributed by atoms with Gasteiger partial charge in [0.15, 0.2) is 11.5 Å². The molecule has 3 nitrogen and oxygen atoms in total. The summed E-state index contributed by atoms with van der Waals surface area (Å²) in [5.41, 5.74) is 3.63. The van der Waals surface area contributed by atoms with Crippen LogP contribution < -0.4 is 0 Å². The lowest BCUT2D eigenvalue weighted by Crippen LogP contribution is -2.41. The summed E-state index contributed by atoms with van der Waals surface area (Å²) in [4.78, 5) is 0. The molecule has 0 radical (unpaired) electrons. The fraction of sp³-hybridized carbons (Fsp3) is 0.294. The highest BCUT2D eigenvalue weighted by atomic mass is 16.3. The summed E-state index contributed by atoms with van der Waals surface area (Å²) < 4.78 is 0.947. The summed E-state index contributed by atoms with van der Waals surface area (Å²) in [5, 5.41) is 19.3. The predicted octanol–water partition coefficient (Wildman–Crippen LogP) is 3.15. The Morgan fingerprint density at radius 3 is 2.00 bits per heavy atom. The zero-order valence-corrected chi connectivity index (χ0v) is 11.7. The van der Waals surface area contributed by atoms with E-state index in [1.165, 1.54) is 5.56 Å². The molecule has 1 heterocycles. The van der Waals surface area contributed by atoms with E-state index in [0.29, 0.717) is 0 Å². The fourth-order valence-corrected chi connectivity index (χ4v) is 3.15. The highest BCUT2D eigenvalue weighted by Crippen LogP contribution is 2.37. The molecule has 1 aliphatic rings. The Morgan fingerprint density at radius 1 is 0.950 bits per heavy atom. The quantitative estimate of drug-likeness (QED) is 0.664. The van der Waals surface area contributed by atoms with Crippen LogP contribution in [0.3, 0.4) is 0 Å². The number of quaternary nitrogens is 1. The first-order chi connectivity index (χ1) is 9.62. The maximum Gasteiger partial charge on any atom is 0.157 e. The number of hydrogen-bond donors (Lipinski definition) is 2. The third-order valence-electron chi connectivity index (χ3n) is 4.34. The van der Waals surface area contributed by atoms with Gasteiger partial charge < -0.3 is 14.7 Å². The molecule has 0 unspecified atom stereocenters. The van der Waals surface area contributed by atoms with E-state index in [4.69, 9.17) is 0 Å². The van der Waals surface area contributed by atoms with Crippen LogP contribution in [0.5, 0.6) is 11.5 Å². The van der Waals surface area contributed by atoms with Crippen molar-refractivity contribution in [3.8, 4) is 11.5 Å². The second kappa shape index (κ2) is 4.84. The van der Waals surface area contributed by atoms with E-state index < -0.39 is 0 Å². The Morgan fingerprint density at radius 2 is 1.50 bits per heavy atom. The summed E-state index contributed by atoms with van der Waals surface area (Å²) in [7, 11) is 0. The van der Waals surface area contributed by atoms with Crippen molar-refractivity contribution in [2.24, 2.45) is 0 Å². The van der Waals surface area contributed by atoms with Gasteiger partial charge in [-0.3, -0.25) is 0 Å². The molecular weight excluding hydrogens is 250 g/mol. The van der Waals surface area contributed by atoms with Gasteiger partial charge in [0.25, 0.3) is 0 Å². The van der Waals surface area contributed by atoms with Crippen LogP contribution in [0.15, 0.2) is 42.5 Å². The SMILES string of the molecule is CC[N+]1(Cc2ccccc2)Cc2cc(O)c(O)cc2C1. The lowest BCUT2D eigenvalue weighted by Gasteiger charge is -2.33. The molecule has 2 N–H and O–H groups in total. The van der Waals surface area contributed by atoms with Crippen LogP contribution in [-0.4, -0.2) is 21.2 Å². The molecule has 1 aliphatic heterocycles. The lowest BCUT2D eigenvalue weighted by atomic mass is 10.1. The first-order valence-corrected chi connectivity index (χ1v) is 7.05. The van der Waals surface area contributed by atoms with Crippen molar-refractivity contribution in [3.63, 3.8) is 0 Å². The molecule has 104 valence electrons. The molecule has 0 saturated heterocycles. The van der Waals surface area contributed by atoms with E-state index in [9.17, 15) is 10.2 Å². The van der Waals surface area contributed by atoms with Crippen LogP contribution in [0.25, 0.3) is 0 Å². The molecule has 0 saturated carbocycles. The van der Waals surface area contributed by atoms with Gasteiger partial charge >= 0.3 is 0 Å². The molecule has 0 bridgehead atoms.